The zero-order chi connectivity index (χ0) is 14.7. The van der Waals surface area contributed by atoms with Crippen LogP contribution in [0, 0.1) is 0 Å². The van der Waals surface area contributed by atoms with Crippen LogP contribution in [0.15, 0.2) is 18.5 Å². The number of ether oxygens (including phenoxy) is 1. The molecule has 0 N–H and O–H groups in total. The van der Waals surface area contributed by atoms with E-state index in [0.29, 0.717) is 5.75 Å². The Labute approximate surface area is 116 Å². The molecule has 0 aliphatic carbocycles. The van der Waals surface area contributed by atoms with E-state index in [9.17, 15) is 0 Å². The van der Waals surface area contributed by atoms with Gasteiger partial charge in [0.05, 0.1) is 24.5 Å². The van der Waals surface area contributed by atoms with Crippen molar-refractivity contribution in [2.24, 2.45) is 0 Å². The number of methoxy groups -OCH3 is 1. The molecule has 1 aliphatic rings. The van der Waals surface area contributed by atoms with Gasteiger partial charge in [-0.1, -0.05) is 13.8 Å². The fourth-order valence-corrected chi connectivity index (χ4v) is 1.66. The van der Waals surface area contributed by atoms with Crippen LogP contribution in [0.1, 0.15) is 41.5 Å². The normalized spacial score (nSPS) is 19.6. The van der Waals surface area contributed by atoms with Crippen molar-refractivity contribution in [1.29, 1.82) is 0 Å². The van der Waals surface area contributed by atoms with Gasteiger partial charge in [0.1, 0.15) is 5.75 Å². The van der Waals surface area contributed by atoms with Crippen molar-refractivity contribution < 1.29 is 14.0 Å². The van der Waals surface area contributed by atoms with Gasteiger partial charge < -0.3 is 14.0 Å². The molecule has 106 valence electrons. The summed E-state index contributed by atoms with van der Waals surface area (Å²) in [4.78, 5) is 4.11. The van der Waals surface area contributed by atoms with E-state index in [1.165, 1.54) is 0 Å². The standard InChI is InChI=1S/C12H18BNO3.C2H6/c1-11(2)12(3,4)17-13(16-11)9-6-10(15-5)8-14-7-9;1-2/h6-8H,1-5H3;1-2H3. The minimum absolute atomic E-state index is 0.333. The SMILES string of the molecule is CC.COc1cncc(B2OC(C)(C)C(C)(C)O2)c1. The maximum absolute atomic E-state index is 5.93. The van der Waals surface area contributed by atoms with Gasteiger partial charge in [-0.25, -0.2) is 0 Å². The van der Waals surface area contributed by atoms with Crippen LogP contribution in [0.5, 0.6) is 5.75 Å². The molecule has 5 heteroatoms. The van der Waals surface area contributed by atoms with Gasteiger partial charge in [-0.05, 0) is 33.8 Å². The summed E-state index contributed by atoms with van der Waals surface area (Å²) in [5.74, 6) is 0.706. The fourth-order valence-electron chi connectivity index (χ4n) is 1.66. The van der Waals surface area contributed by atoms with Gasteiger partial charge in [-0.15, -0.1) is 0 Å². The largest absolute Gasteiger partial charge is 0.496 e. The van der Waals surface area contributed by atoms with Crippen LogP contribution >= 0.6 is 0 Å². The summed E-state index contributed by atoms with van der Waals surface area (Å²) in [6, 6.07) is 1.88. The first kappa shape index (κ1) is 16.0. The molecule has 2 rings (SSSR count). The van der Waals surface area contributed by atoms with E-state index in [1.54, 1.807) is 19.5 Å². The quantitative estimate of drug-likeness (QED) is 0.770. The molecule has 0 bridgehead atoms. The molecule has 1 aromatic rings. The van der Waals surface area contributed by atoms with E-state index in [4.69, 9.17) is 14.0 Å². The van der Waals surface area contributed by atoms with Gasteiger partial charge in [0, 0.05) is 11.7 Å². The van der Waals surface area contributed by atoms with Crippen molar-refractivity contribution in [2.75, 3.05) is 7.11 Å². The third-order valence-corrected chi connectivity index (χ3v) is 3.50. The van der Waals surface area contributed by atoms with E-state index in [1.807, 2.05) is 47.6 Å². The predicted octanol–water partition coefficient (Wildman–Crippen LogP) is 2.42. The Balaban J connectivity index is 0.000000861. The topological polar surface area (TPSA) is 40.6 Å². The summed E-state index contributed by atoms with van der Waals surface area (Å²) in [6.07, 6.45) is 3.40. The molecular formula is C14H24BNO3. The minimum atomic E-state index is -0.386. The second-order valence-corrected chi connectivity index (χ2v) is 5.25. The average molecular weight is 265 g/mol. The van der Waals surface area contributed by atoms with Crippen molar-refractivity contribution >= 4 is 12.6 Å². The van der Waals surface area contributed by atoms with Crippen molar-refractivity contribution in [2.45, 2.75) is 52.7 Å². The Morgan fingerprint density at radius 1 is 1.05 bits per heavy atom. The minimum Gasteiger partial charge on any atom is -0.495 e. The molecular weight excluding hydrogens is 241 g/mol. The van der Waals surface area contributed by atoms with Gasteiger partial charge in [-0.3, -0.25) is 4.98 Å². The van der Waals surface area contributed by atoms with Crippen LogP contribution in [0.3, 0.4) is 0 Å². The second-order valence-electron chi connectivity index (χ2n) is 5.25. The van der Waals surface area contributed by atoms with Crippen LogP contribution < -0.4 is 10.2 Å². The second kappa shape index (κ2) is 5.93. The van der Waals surface area contributed by atoms with Gasteiger partial charge in [0.25, 0.3) is 0 Å². The lowest BCUT2D eigenvalue weighted by atomic mass is 9.80. The first-order chi connectivity index (χ1) is 8.86. The third-order valence-electron chi connectivity index (χ3n) is 3.50. The summed E-state index contributed by atoms with van der Waals surface area (Å²) >= 11 is 0. The summed E-state index contributed by atoms with van der Waals surface area (Å²) in [5, 5.41) is 0. The maximum Gasteiger partial charge on any atom is 0.496 e. The molecule has 1 saturated heterocycles. The molecule has 4 nitrogen and oxygen atoms in total. The highest BCUT2D eigenvalue weighted by Crippen LogP contribution is 2.36. The molecule has 1 fully saturated rings. The summed E-state index contributed by atoms with van der Waals surface area (Å²) in [7, 11) is 1.23. The number of pyridine rings is 1. The van der Waals surface area contributed by atoms with Crippen LogP contribution in [-0.4, -0.2) is 30.4 Å². The van der Waals surface area contributed by atoms with E-state index >= 15 is 0 Å². The smallest absolute Gasteiger partial charge is 0.495 e. The number of hydrogen-bond acceptors (Lipinski definition) is 4. The van der Waals surface area contributed by atoms with Gasteiger partial charge in [0.15, 0.2) is 0 Å². The molecule has 0 radical (unpaired) electrons. The first-order valence-corrected chi connectivity index (χ1v) is 6.70. The van der Waals surface area contributed by atoms with Crippen molar-refractivity contribution in [3.05, 3.63) is 18.5 Å². The first-order valence-electron chi connectivity index (χ1n) is 6.70. The summed E-state index contributed by atoms with van der Waals surface area (Å²) < 4.78 is 17.0. The molecule has 0 unspecified atom stereocenters. The number of nitrogens with zero attached hydrogens (tertiary/aromatic N) is 1. The third kappa shape index (κ3) is 3.28. The van der Waals surface area contributed by atoms with E-state index < -0.39 is 0 Å². The number of hydrogen-bond donors (Lipinski definition) is 0. The van der Waals surface area contributed by atoms with E-state index in [0.717, 1.165) is 5.46 Å². The highest BCUT2D eigenvalue weighted by molar-refractivity contribution is 6.62. The van der Waals surface area contributed by atoms with Crippen LogP contribution in [0.4, 0.5) is 0 Å². The maximum atomic E-state index is 5.93. The summed E-state index contributed by atoms with van der Waals surface area (Å²) in [5.41, 5.74) is 0.213. The highest BCUT2D eigenvalue weighted by atomic mass is 16.7. The lowest BCUT2D eigenvalue weighted by Gasteiger charge is -2.32. The van der Waals surface area contributed by atoms with Crippen molar-refractivity contribution in [3.8, 4) is 5.75 Å². The van der Waals surface area contributed by atoms with Gasteiger partial charge in [-0.2, -0.15) is 0 Å². The number of aromatic nitrogens is 1. The fraction of sp³-hybridized carbons (Fsp3) is 0.643. The van der Waals surface area contributed by atoms with Gasteiger partial charge >= 0.3 is 7.12 Å². The average Bonchev–Trinajstić information content (AvgIpc) is 2.61. The van der Waals surface area contributed by atoms with E-state index in [2.05, 4.69) is 4.98 Å². The lowest BCUT2D eigenvalue weighted by Crippen LogP contribution is -2.41. The molecule has 1 aliphatic heterocycles. The monoisotopic (exact) mass is 265 g/mol. The molecule has 0 aromatic carbocycles. The molecule has 1 aromatic heterocycles. The number of rotatable bonds is 2. The molecule has 19 heavy (non-hydrogen) atoms. The van der Waals surface area contributed by atoms with Crippen molar-refractivity contribution in [1.82, 2.24) is 4.98 Å². The molecule has 0 saturated carbocycles. The molecule has 0 atom stereocenters. The molecule has 0 amide bonds. The Kier molecular flexibility index (Phi) is 4.99. The zero-order valence-electron chi connectivity index (χ0n) is 13.0. The lowest BCUT2D eigenvalue weighted by molar-refractivity contribution is 0.00578. The predicted molar refractivity (Wildman–Crippen MR) is 77.9 cm³/mol. The summed E-state index contributed by atoms with van der Waals surface area (Å²) in [6.45, 7) is 12.1. The molecule has 2 heterocycles. The Morgan fingerprint density at radius 2 is 1.58 bits per heavy atom. The van der Waals surface area contributed by atoms with Crippen LogP contribution in [0.25, 0.3) is 0 Å². The Bertz CT molecular complexity index is 405. The Morgan fingerprint density at radius 3 is 2.05 bits per heavy atom. The zero-order valence-corrected chi connectivity index (χ0v) is 13.0. The molecule has 0 spiro atoms. The van der Waals surface area contributed by atoms with Crippen LogP contribution in [0.2, 0.25) is 0 Å². The van der Waals surface area contributed by atoms with E-state index in [-0.39, 0.29) is 18.3 Å². The Hall–Kier alpha value is -1.07. The van der Waals surface area contributed by atoms with Crippen molar-refractivity contribution in [3.63, 3.8) is 0 Å². The van der Waals surface area contributed by atoms with Gasteiger partial charge in [0.2, 0.25) is 0 Å². The highest BCUT2D eigenvalue weighted by Gasteiger charge is 2.51. The van der Waals surface area contributed by atoms with Crippen LogP contribution in [-0.2, 0) is 9.31 Å².